The van der Waals surface area contributed by atoms with Gasteiger partial charge in [0.05, 0.1) is 12.0 Å². The summed E-state index contributed by atoms with van der Waals surface area (Å²) >= 11 is 2.69. The Balaban J connectivity index is 1.52. The average molecular weight is 465 g/mol. The largest absolute Gasteiger partial charge is 0.344 e. The lowest BCUT2D eigenvalue weighted by Gasteiger charge is -2.31. The molecule has 3 heterocycles. The van der Waals surface area contributed by atoms with Crippen molar-refractivity contribution < 1.29 is 17.6 Å². The molecule has 4 rings (SSSR count). The Morgan fingerprint density at radius 3 is 2.50 bits per heavy atom. The van der Waals surface area contributed by atoms with Crippen molar-refractivity contribution in [2.45, 2.75) is 23.1 Å². The normalized spacial score (nSPS) is 18.8. The molecule has 1 fully saturated rings. The molecular formula is C21H21FN2O3S3. The summed E-state index contributed by atoms with van der Waals surface area (Å²) in [5.41, 5.74) is 0.783. The van der Waals surface area contributed by atoms with Gasteiger partial charge in [-0.05, 0) is 53.4 Å². The summed E-state index contributed by atoms with van der Waals surface area (Å²) < 4.78 is 40.8. The second-order valence-corrected chi connectivity index (χ2v) is 11.2. The Hall–Kier alpha value is -2.07. The van der Waals surface area contributed by atoms with Crippen LogP contribution >= 0.6 is 22.7 Å². The van der Waals surface area contributed by atoms with Gasteiger partial charge in [0.15, 0.2) is 0 Å². The van der Waals surface area contributed by atoms with Crippen molar-refractivity contribution in [3.05, 3.63) is 75.5 Å². The SMILES string of the molecule is O=C(NC(c1ccc(F)cc1)c1cccs1)C1CCCN(S(=O)(=O)c2cccs2)C1. The van der Waals surface area contributed by atoms with Gasteiger partial charge in [-0.15, -0.1) is 22.7 Å². The lowest BCUT2D eigenvalue weighted by atomic mass is 9.97. The Bertz CT molecular complexity index is 1080. The van der Waals surface area contributed by atoms with Crippen LogP contribution in [0.15, 0.2) is 63.5 Å². The van der Waals surface area contributed by atoms with E-state index in [1.54, 1.807) is 29.6 Å². The second-order valence-electron chi connectivity index (χ2n) is 7.14. The van der Waals surface area contributed by atoms with E-state index >= 15 is 0 Å². The number of rotatable bonds is 6. The van der Waals surface area contributed by atoms with Crippen LogP contribution < -0.4 is 5.32 Å². The predicted octanol–water partition coefficient (Wildman–Crippen LogP) is 4.26. The number of benzene rings is 1. The van der Waals surface area contributed by atoms with Crippen molar-refractivity contribution >= 4 is 38.6 Å². The number of hydrogen-bond donors (Lipinski definition) is 1. The quantitative estimate of drug-likeness (QED) is 0.593. The number of halogens is 1. The summed E-state index contributed by atoms with van der Waals surface area (Å²) in [5.74, 6) is -0.961. The van der Waals surface area contributed by atoms with Gasteiger partial charge in [-0.3, -0.25) is 4.79 Å². The molecule has 0 bridgehead atoms. The maximum Gasteiger partial charge on any atom is 0.252 e. The third kappa shape index (κ3) is 4.49. The van der Waals surface area contributed by atoms with Crippen LogP contribution in [0.3, 0.4) is 0 Å². The third-order valence-corrected chi connectivity index (χ3v) is 9.34. The van der Waals surface area contributed by atoms with Crippen molar-refractivity contribution in [1.29, 1.82) is 0 Å². The molecule has 158 valence electrons. The van der Waals surface area contributed by atoms with E-state index in [4.69, 9.17) is 0 Å². The molecule has 0 radical (unpaired) electrons. The molecule has 0 aliphatic carbocycles. The standard InChI is InChI=1S/C21H21FN2O3S3/c22-17-9-7-15(8-10-17)20(18-5-2-12-28-18)23-21(25)16-4-1-11-24(14-16)30(26,27)19-6-3-13-29-19/h2-3,5-10,12-13,16,20H,1,4,11,14H2,(H,23,25). The highest BCUT2D eigenvalue weighted by Crippen LogP contribution is 2.29. The maximum atomic E-state index is 13.4. The summed E-state index contributed by atoms with van der Waals surface area (Å²) in [4.78, 5) is 14.0. The molecule has 2 unspecified atom stereocenters. The zero-order valence-corrected chi connectivity index (χ0v) is 18.5. The topological polar surface area (TPSA) is 66.5 Å². The Morgan fingerprint density at radius 1 is 1.10 bits per heavy atom. The van der Waals surface area contributed by atoms with E-state index in [0.717, 1.165) is 10.4 Å². The molecule has 30 heavy (non-hydrogen) atoms. The number of hydrogen-bond acceptors (Lipinski definition) is 5. The first-order chi connectivity index (χ1) is 14.4. The van der Waals surface area contributed by atoms with Crippen LogP contribution in [0.25, 0.3) is 0 Å². The van der Waals surface area contributed by atoms with Crippen LogP contribution in [0.1, 0.15) is 29.3 Å². The van der Waals surface area contributed by atoms with Gasteiger partial charge >= 0.3 is 0 Å². The average Bonchev–Trinajstić information content (AvgIpc) is 3.47. The molecule has 0 saturated carbocycles. The van der Waals surface area contributed by atoms with Crippen LogP contribution in [0, 0.1) is 11.7 Å². The Morgan fingerprint density at radius 2 is 1.83 bits per heavy atom. The molecule has 1 saturated heterocycles. The van der Waals surface area contributed by atoms with Gasteiger partial charge < -0.3 is 5.32 Å². The molecule has 5 nitrogen and oxygen atoms in total. The van der Waals surface area contributed by atoms with Gasteiger partial charge in [0.1, 0.15) is 10.0 Å². The minimum Gasteiger partial charge on any atom is -0.344 e. The van der Waals surface area contributed by atoms with Gasteiger partial charge in [0.2, 0.25) is 5.91 Å². The fourth-order valence-corrected chi connectivity index (χ4v) is 7.07. The van der Waals surface area contributed by atoms with Crippen LogP contribution in [0.4, 0.5) is 4.39 Å². The highest BCUT2D eigenvalue weighted by atomic mass is 32.2. The molecule has 2 atom stereocenters. The van der Waals surface area contributed by atoms with E-state index < -0.39 is 22.0 Å². The molecule has 3 aromatic rings. The van der Waals surface area contributed by atoms with Crippen molar-refractivity contribution in [3.8, 4) is 0 Å². The number of thiophene rings is 2. The first kappa shape index (κ1) is 21.2. The van der Waals surface area contributed by atoms with Gasteiger partial charge in [-0.25, -0.2) is 12.8 Å². The van der Waals surface area contributed by atoms with E-state index in [1.165, 1.54) is 39.1 Å². The monoisotopic (exact) mass is 464 g/mol. The lowest BCUT2D eigenvalue weighted by molar-refractivity contribution is -0.126. The minimum atomic E-state index is -3.58. The van der Waals surface area contributed by atoms with Crippen LogP contribution in [-0.2, 0) is 14.8 Å². The van der Waals surface area contributed by atoms with Gasteiger partial charge in [-0.1, -0.05) is 24.3 Å². The van der Waals surface area contributed by atoms with Gasteiger partial charge in [0.25, 0.3) is 10.0 Å². The van der Waals surface area contributed by atoms with E-state index in [9.17, 15) is 17.6 Å². The van der Waals surface area contributed by atoms with Crippen LogP contribution in [-0.4, -0.2) is 31.7 Å². The Kier molecular flexibility index (Phi) is 6.33. The molecule has 1 aliphatic rings. The summed E-state index contributed by atoms with van der Waals surface area (Å²) in [6.07, 6.45) is 1.26. The molecular weight excluding hydrogens is 443 g/mol. The smallest absolute Gasteiger partial charge is 0.252 e. The summed E-state index contributed by atoms with van der Waals surface area (Å²) in [6, 6.07) is 12.8. The number of carbonyl (C=O) groups excluding carboxylic acids is 1. The highest BCUT2D eigenvalue weighted by molar-refractivity contribution is 7.91. The maximum absolute atomic E-state index is 13.4. The van der Waals surface area contributed by atoms with E-state index in [-0.39, 0.29) is 18.3 Å². The lowest BCUT2D eigenvalue weighted by Crippen LogP contribution is -2.46. The first-order valence-corrected chi connectivity index (χ1v) is 12.8. The molecule has 0 spiro atoms. The fraction of sp³-hybridized carbons (Fsp3) is 0.286. The number of nitrogens with zero attached hydrogens (tertiary/aromatic N) is 1. The molecule has 2 aromatic heterocycles. The van der Waals surface area contributed by atoms with Crippen molar-refractivity contribution in [1.82, 2.24) is 9.62 Å². The summed E-state index contributed by atoms with van der Waals surface area (Å²) in [5, 5.41) is 6.72. The molecule has 1 N–H and O–H groups in total. The number of piperidine rings is 1. The van der Waals surface area contributed by atoms with Crippen LogP contribution in [0.2, 0.25) is 0 Å². The molecule has 1 amide bonds. The third-order valence-electron chi connectivity index (χ3n) is 5.16. The molecule has 1 aliphatic heterocycles. The van der Waals surface area contributed by atoms with Crippen LogP contribution in [0.5, 0.6) is 0 Å². The fourth-order valence-electron chi connectivity index (χ4n) is 3.60. The minimum absolute atomic E-state index is 0.159. The molecule has 1 aromatic carbocycles. The number of carbonyl (C=O) groups is 1. The number of sulfonamides is 1. The number of amides is 1. The first-order valence-electron chi connectivity index (χ1n) is 9.58. The predicted molar refractivity (Wildman–Crippen MR) is 117 cm³/mol. The van der Waals surface area contributed by atoms with E-state index in [0.29, 0.717) is 23.6 Å². The second kappa shape index (κ2) is 8.97. The van der Waals surface area contributed by atoms with Gasteiger partial charge in [0, 0.05) is 18.0 Å². The zero-order chi connectivity index (χ0) is 21.1. The van der Waals surface area contributed by atoms with Crippen molar-refractivity contribution in [3.63, 3.8) is 0 Å². The van der Waals surface area contributed by atoms with Gasteiger partial charge in [-0.2, -0.15) is 4.31 Å². The Labute approximate surface area is 183 Å². The summed E-state index contributed by atoms with van der Waals surface area (Å²) in [7, 11) is -3.58. The van der Waals surface area contributed by atoms with Crippen molar-refractivity contribution in [2.75, 3.05) is 13.1 Å². The highest BCUT2D eigenvalue weighted by Gasteiger charge is 2.34. The summed E-state index contributed by atoms with van der Waals surface area (Å²) in [6.45, 7) is 0.572. The van der Waals surface area contributed by atoms with E-state index in [2.05, 4.69) is 5.32 Å². The molecule has 9 heteroatoms. The van der Waals surface area contributed by atoms with E-state index in [1.807, 2.05) is 17.5 Å². The zero-order valence-electron chi connectivity index (χ0n) is 16.0. The number of nitrogens with one attached hydrogen (secondary N) is 1. The van der Waals surface area contributed by atoms with Crippen molar-refractivity contribution in [2.24, 2.45) is 5.92 Å².